The third-order valence-electron chi connectivity index (χ3n) is 1.67. The van der Waals surface area contributed by atoms with Crippen LogP contribution >= 0.6 is 0 Å². The first kappa shape index (κ1) is 12.1. The van der Waals surface area contributed by atoms with Crippen molar-refractivity contribution in [2.75, 3.05) is 13.2 Å². The van der Waals surface area contributed by atoms with Gasteiger partial charge in [-0.2, -0.15) is 0 Å². The van der Waals surface area contributed by atoms with Crippen molar-refractivity contribution in [3.8, 4) is 0 Å². The standard InChI is InChI=1S/C10H12FN3O2/c1-2-16-5-3-4-12-10(15)9-13-6-8(11)7-14-9/h2,6-7H,1,3-5H2,(H,12,15). The van der Waals surface area contributed by atoms with Crippen molar-refractivity contribution in [3.63, 3.8) is 0 Å². The molecule has 0 aliphatic carbocycles. The van der Waals surface area contributed by atoms with E-state index >= 15 is 0 Å². The zero-order valence-electron chi connectivity index (χ0n) is 8.65. The number of rotatable bonds is 6. The zero-order chi connectivity index (χ0) is 11.8. The molecule has 6 heteroatoms. The summed E-state index contributed by atoms with van der Waals surface area (Å²) in [7, 11) is 0. The van der Waals surface area contributed by atoms with Crippen LogP contribution in [0.3, 0.4) is 0 Å². The van der Waals surface area contributed by atoms with E-state index in [2.05, 4.69) is 21.9 Å². The highest BCUT2D eigenvalue weighted by molar-refractivity contribution is 5.90. The van der Waals surface area contributed by atoms with Crippen LogP contribution in [0.2, 0.25) is 0 Å². The Hall–Kier alpha value is -1.98. The fourth-order valence-corrected chi connectivity index (χ4v) is 0.949. The molecule has 0 unspecified atom stereocenters. The number of ether oxygens (including phenoxy) is 1. The summed E-state index contributed by atoms with van der Waals surface area (Å²) in [5.41, 5.74) is 0. The lowest BCUT2D eigenvalue weighted by molar-refractivity contribution is 0.0939. The van der Waals surface area contributed by atoms with E-state index < -0.39 is 11.7 Å². The van der Waals surface area contributed by atoms with Gasteiger partial charge in [0.2, 0.25) is 5.82 Å². The third kappa shape index (κ3) is 4.04. The Kier molecular flexibility index (Phi) is 4.91. The van der Waals surface area contributed by atoms with Gasteiger partial charge in [0.25, 0.3) is 5.91 Å². The number of nitrogens with one attached hydrogen (secondary N) is 1. The summed E-state index contributed by atoms with van der Waals surface area (Å²) in [5.74, 6) is -1.06. The van der Waals surface area contributed by atoms with Gasteiger partial charge in [0.05, 0.1) is 25.3 Å². The van der Waals surface area contributed by atoms with E-state index in [1.54, 1.807) is 0 Å². The molecule has 0 saturated heterocycles. The molecule has 0 aliphatic heterocycles. The van der Waals surface area contributed by atoms with Crippen LogP contribution in [0.15, 0.2) is 25.2 Å². The maximum absolute atomic E-state index is 12.5. The molecule has 0 saturated carbocycles. The molecule has 1 N–H and O–H groups in total. The molecule has 5 nitrogen and oxygen atoms in total. The van der Waals surface area contributed by atoms with Gasteiger partial charge < -0.3 is 10.1 Å². The Bertz CT molecular complexity index is 354. The maximum Gasteiger partial charge on any atom is 0.289 e. The normalized spacial score (nSPS) is 9.56. The van der Waals surface area contributed by atoms with E-state index in [0.29, 0.717) is 19.6 Å². The Morgan fingerprint density at radius 2 is 2.25 bits per heavy atom. The Labute approximate surface area is 92.4 Å². The topological polar surface area (TPSA) is 64.1 Å². The largest absolute Gasteiger partial charge is 0.502 e. The SMILES string of the molecule is C=COCCCNC(=O)c1ncc(F)cn1. The second-order valence-corrected chi connectivity index (χ2v) is 2.87. The number of carbonyl (C=O) groups excluding carboxylic acids is 1. The van der Waals surface area contributed by atoms with E-state index in [-0.39, 0.29) is 5.82 Å². The molecular weight excluding hydrogens is 213 g/mol. The van der Waals surface area contributed by atoms with Crippen LogP contribution < -0.4 is 5.32 Å². The summed E-state index contributed by atoms with van der Waals surface area (Å²) >= 11 is 0. The lowest BCUT2D eigenvalue weighted by atomic mass is 10.4. The number of hydrogen-bond donors (Lipinski definition) is 1. The van der Waals surface area contributed by atoms with Crippen LogP contribution in [-0.2, 0) is 4.74 Å². The molecule has 16 heavy (non-hydrogen) atoms. The zero-order valence-corrected chi connectivity index (χ0v) is 8.65. The molecule has 86 valence electrons. The highest BCUT2D eigenvalue weighted by atomic mass is 19.1. The number of hydrogen-bond acceptors (Lipinski definition) is 4. The molecule has 0 aliphatic rings. The van der Waals surface area contributed by atoms with Gasteiger partial charge in [0.15, 0.2) is 5.82 Å². The van der Waals surface area contributed by atoms with Crippen molar-refractivity contribution >= 4 is 5.91 Å². The highest BCUT2D eigenvalue weighted by Gasteiger charge is 2.07. The number of nitrogens with zero attached hydrogens (tertiary/aromatic N) is 2. The maximum atomic E-state index is 12.5. The number of halogens is 1. The van der Waals surface area contributed by atoms with E-state index in [1.807, 2.05) is 0 Å². The van der Waals surface area contributed by atoms with E-state index in [4.69, 9.17) is 4.74 Å². The lowest BCUT2D eigenvalue weighted by Gasteiger charge is -2.03. The molecule has 0 spiro atoms. The van der Waals surface area contributed by atoms with E-state index in [1.165, 1.54) is 6.26 Å². The van der Waals surface area contributed by atoms with Crippen molar-refractivity contribution in [2.45, 2.75) is 6.42 Å². The molecule has 0 bridgehead atoms. The summed E-state index contributed by atoms with van der Waals surface area (Å²) < 4.78 is 17.3. The van der Waals surface area contributed by atoms with Crippen LogP contribution in [0, 0.1) is 5.82 Å². The predicted molar refractivity (Wildman–Crippen MR) is 55.1 cm³/mol. The van der Waals surface area contributed by atoms with Gasteiger partial charge >= 0.3 is 0 Å². The first-order valence-corrected chi connectivity index (χ1v) is 4.72. The monoisotopic (exact) mass is 225 g/mol. The Balaban J connectivity index is 2.29. The molecule has 0 radical (unpaired) electrons. The van der Waals surface area contributed by atoms with Crippen LogP contribution in [0.25, 0.3) is 0 Å². The van der Waals surface area contributed by atoms with E-state index in [9.17, 15) is 9.18 Å². The Morgan fingerprint density at radius 1 is 1.56 bits per heavy atom. The minimum atomic E-state index is -0.573. The minimum Gasteiger partial charge on any atom is -0.502 e. The molecule has 0 atom stereocenters. The molecule has 0 fully saturated rings. The predicted octanol–water partition coefficient (Wildman–Crippen LogP) is 0.896. The molecular formula is C10H12FN3O2. The van der Waals surface area contributed by atoms with Gasteiger partial charge in [-0.3, -0.25) is 4.79 Å². The molecule has 1 amide bonds. The van der Waals surface area contributed by atoms with Gasteiger partial charge in [-0.15, -0.1) is 0 Å². The van der Waals surface area contributed by atoms with Crippen molar-refractivity contribution < 1.29 is 13.9 Å². The lowest BCUT2D eigenvalue weighted by Crippen LogP contribution is -2.27. The molecule has 1 aromatic rings. The Morgan fingerprint density at radius 3 is 2.88 bits per heavy atom. The summed E-state index contributed by atoms with van der Waals surface area (Å²) in [6, 6.07) is 0. The molecule has 0 aromatic carbocycles. The van der Waals surface area contributed by atoms with E-state index in [0.717, 1.165) is 12.4 Å². The number of aromatic nitrogens is 2. The molecule has 1 rings (SSSR count). The summed E-state index contributed by atoms with van der Waals surface area (Å²) in [6.45, 7) is 4.30. The average Bonchev–Trinajstić information content (AvgIpc) is 2.29. The third-order valence-corrected chi connectivity index (χ3v) is 1.67. The van der Waals surface area contributed by atoms with Gasteiger partial charge in [0, 0.05) is 6.54 Å². The second kappa shape index (κ2) is 6.49. The minimum absolute atomic E-state index is 0.0500. The van der Waals surface area contributed by atoms with Gasteiger partial charge in [-0.25, -0.2) is 14.4 Å². The quantitative estimate of drug-likeness (QED) is 0.577. The fraction of sp³-hybridized carbons (Fsp3) is 0.300. The first-order chi connectivity index (χ1) is 7.74. The smallest absolute Gasteiger partial charge is 0.289 e. The van der Waals surface area contributed by atoms with Crippen molar-refractivity contribution in [2.24, 2.45) is 0 Å². The van der Waals surface area contributed by atoms with Crippen LogP contribution in [0.4, 0.5) is 4.39 Å². The van der Waals surface area contributed by atoms with Crippen molar-refractivity contribution in [1.82, 2.24) is 15.3 Å². The van der Waals surface area contributed by atoms with Crippen LogP contribution in [0.5, 0.6) is 0 Å². The summed E-state index contributed by atoms with van der Waals surface area (Å²) in [6.07, 6.45) is 3.88. The van der Waals surface area contributed by atoms with Crippen molar-refractivity contribution in [1.29, 1.82) is 0 Å². The summed E-state index contributed by atoms with van der Waals surface area (Å²) in [5, 5.41) is 2.58. The highest BCUT2D eigenvalue weighted by Crippen LogP contribution is 1.93. The molecule has 1 aromatic heterocycles. The number of carbonyl (C=O) groups is 1. The van der Waals surface area contributed by atoms with Crippen molar-refractivity contribution in [3.05, 3.63) is 36.9 Å². The average molecular weight is 225 g/mol. The van der Waals surface area contributed by atoms with Gasteiger partial charge in [-0.1, -0.05) is 6.58 Å². The second-order valence-electron chi connectivity index (χ2n) is 2.87. The van der Waals surface area contributed by atoms with Crippen LogP contribution in [0.1, 0.15) is 17.0 Å². The van der Waals surface area contributed by atoms with Crippen LogP contribution in [-0.4, -0.2) is 29.0 Å². The number of amides is 1. The van der Waals surface area contributed by atoms with Gasteiger partial charge in [-0.05, 0) is 6.42 Å². The fourth-order valence-electron chi connectivity index (χ4n) is 0.949. The first-order valence-electron chi connectivity index (χ1n) is 4.72. The molecule has 1 heterocycles. The van der Waals surface area contributed by atoms with Gasteiger partial charge in [0.1, 0.15) is 0 Å². The summed E-state index contributed by atoms with van der Waals surface area (Å²) in [4.78, 5) is 18.5.